The molecule has 0 bridgehead atoms. The van der Waals surface area contributed by atoms with Crippen LogP contribution in [-0.4, -0.2) is 32.1 Å². The van der Waals surface area contributed by atoms with Gasteiger partial charge in [-0.3, -0.25) is 0 Å². The third kappa shape index (κ3) is 5.22. The molecule has 6 nitrogen and oxygen atoms in total. The predicted octanol–water partition coefficient (Wildman–Crippen LogP) is 5.94. The fourth-order valence-corrected chi connectivity index (χ4v) is 4.86. The van der Waals surface area contributed by atoms with E-state index in [4.69, 9.17) is 10.2 Å². The van der Waals surface area contributed by atoms with Crippen molar-refractivity contribution in [3.63, 3.8) is 0 Å². The van der Waals surface area contributed by atoms with Gasteiger partial charge in [0.25, 0.3) is 0 Å². The van der Waals surface area contributed by atoms with E-state index in [0.717, 1.165) is 36.5 Å². The summed E-state index contributed by atoms with van der Waals surface area (Å²) in [5, 5.41) is 19.6. The number of carboxylic acids is 2. The Labute approximate surface area is 187 Å². The summed E-state index contributed by atoms with van der Waals surface area (Å²) in [6.07, 6.45) is 0. The molecule has 0 saturated carbocycles. The summed E-state index contributed by atoms with van der Waals surface area (Å²) in [5.74, 6) is -1.94. The number of aryl methyl sites for hydroxylation is 3. The number of rotatable bonds is 4. The lowest BCUT2D eigenvalue weighted by molar-refractivity contribution is 0.0681. The number of aromatic nitrogens is 2. The molecule has 0 radical (unpaired) electrons. The van der Waals surface area contributed by atoms with E-state index < -0.39 is 11.9 Å². The molecule has 2 heterocycles. The Bertz CT molecular complexity index is 1230. The van der Waals surface area contributed by atoms with E-state index in [9.17, 15) is 9.59 Å². The zero-order chi connectivity index (χ0) is 22.5. The average Bonchev–Trinajstić information content (AvgIpc) is 3.32. The molecule has 4 aromatic rings. The first-order valence-electron chi connectivity index (χ1n) is 9.30. The van der Waals surface area contributed by atoms with Gasteiger partial charge in [-0.2, -0.15) is 0 Å². The maximum absolute atomic E-state index is 11.1. The molecule has 0 aliphatic heterocycles. The van der Waals surface area contributed by atoms with Gasteiger partial charge in [-0.15, -0.1) is 22.7 Å². The number of carboxylic acid groups (broad SMARTS) is 2. The van der Waals surface area contributed by atoms with Crippen molar-refractivity contribution in [2.45, 2.75) is 20.8 Å². The minimum Gasteiger partial charge on any atom is -0.476 e. The highest BCUT2D eigenvalue weighted by molar-refractivity contribution is 7.15. The van der Waals surface area contributed by atoms with Crippen LogP contribution in [0.15, 0.2) is 54.6 Å². The van der Waals surface area contributed by atoms with Crippen molar-refractivity contribution < 1.29 is 19.8 Å². The quantitative estimate of drug-likeness (QED) is 0.397. The highest BCUT2D eigenvalue weighted by Gasteiger charge is 2.18. The summed E-state index contributed by atoms with van der Waals surface area (Å²) in [6.45, 7) is 5.60. The molecule has 4 rings (SSSR count). The van der Waals surface area contributed by atoms with Crippen LogP contribution in [0.4, 0.5) is 0 Å². The van der Waals surface area contributed by atoms with Crippen molar-refractivity contribution in [1.29, 1.82) is 0 Å². The Hall–Kier alpha value is -3.36. The van der Waals surface area contributed by atoms with Crippen LogP contribution < -0.4 is 0 Å². The zero-order valence-corrected chi connectivity index (χ0v) is 18.8. The lowest BCUT2D eigenvalue weighted by Gasteiger charge is -2.02. The first-order valence-corrected chi connectivity index (χ1v) is 10.9. The Morgan fingerprint density at radius 3 is 1.74 bits per heavy atom. The summed E-state index contributed by atoms with van der Waals surface area (Å²) in [5.41, 5.74) is 3.21. The summed E-state index contributed by atoms with van der Waals surface area (Å²) in [7, 11) is 0. The van der Waals surface area contributed by atoms with E-state index in [1.165, 1.54) is 22.7 Å². The van der Waals surface area contributed by atoms with Crippen LogP contribution in [0.5, 0.6) is 0 Å². The van der Waals surface area contributed by atoms with E-state index in [1.54, 1.807) is 0 Å². The third-order valence-electron chi connectivity index (χ3n) is 4.30. The van der Waals surface area contributed by atoms with Crippen LogP contribution in [0.3, 0.4) is 0 Å². The van der Waals surface area contributed by atoms with Gasteiger partial charge in [-0.25, -0.2) is 19.6 Å². The van der Waals surface area contributed by atoms with Gasteiger partial charge in [0.05, 0.1) is 19.8 Å². The lowest BCUT2D eigenvalue weighted by atomic mass is 10.1. The largest absolute Gasteiger partial charge is 0.476 e. The van der Waals surface area contributed by atoms with E-state index >= 15 is 0 Å². The lowest BCUT2D eigenvalue weighted by Crippen LogP contribution is -1.99. The second kappa shape index (κ2) is 9.63. The third-order valence-corrected chi connectivity index (χ3v) is 6.32. The number of hydrogen-bond acceptors (Lipinski definition) is 6. The molecular formula is C23H20N2O4S2. The summed E-state index contributed by atoms with van der Waals surface area (Å²) in [6, 6.07) is 17.2. The summed E-state index contributed by atoms with van der Waals surface area (Å²) in [4.78, 5) is 31.5. The van der Waals surface area contributed by atoms with Crippen LogP contribution in [-0.2, 0) is 0 Å². The molecule has 0 saturated heterocycles. The molecule has 0 unspecified atom stereocenters. The fraction of sp³-hybridized carbons (Fsp3) is 0.130. The zero-order valence-electron chi connectivity index (χ0n) is 17.1. The summed E-state index contributed by atoms with van der Waals surface area (Å²) >= 11 is 2.82. The van der Waals surface area contributed by atoms with Gasteiger partial charge in [-0.05, 0) is 37.5 Å². The van der Waals surface area contributed by atoms with Crippen LogP contribution in [0, 0.1) is 20.8 Å². The van der Waals surface area contributed by atoms with E-state index in [-0.39, 0.29) is 11.4 Å². The molecule has 0 spiro atoms. The van der Waals surface area contributed by atoms with Crippen molar-refractivity contribution in [3.05, 3.63) is 81.6 Å². The van der Waals surface area contributed by atoms with Crippen LogP contribution in [0.1, 0.15) is 36.6 Å². The molecule has 0 aliphatic rings. The smallest absolute Gasteiger partial charge is 0.356 e. The van der Waals surface area contributed by atoms with Crippen LogP contribution in [0.25, 0.3) is 20.9 Å². The number of carbonyl (C=O) groups is 2. The van der Waals surface area contributed by atoms with Gasteiger partial charge in [-0.1, -0.05) is 54.6 Å². The second-order valence-corrected chi connectivity index (χ2v) is 9.02. The van der Waals surface area contributed by atoms with Crippen molar-refractivity contribution >= 4 is 34.6 Å². The van der Waals surface area contributed by atoms with E-state index in [0.29, 0.717) is 0 Å². The number of aromatic carboxylic acids is 2. The average molecular weight is 453 g/mol. The molecule has 0 atom stereocenters. The molecular weight excluding hydrogens is 432 g/mol. The Balaban J connectivity index is 0.000000176. The SMILES string of the molecule is Cc1nc(C(=O)O)c(-c2ccccc2)s1.Cc1nc(C(=O)O)c(-c2ccccc2C)s1. The first kappa shape index (κ1) is 22.3. The monoisotopic (exact) mass is 452 g/mol. The Morgan fingerprint density at radius 2 is 1.19 bits per heavy atom. The molecule has 31 heavy (non-hydrogen) atoms. The predicted molar refractivity (Wildman–Crippen MR) is 123 cm³/mol. The van der Waals surface area contributed by atoms with Gasteiger partial charge in [0, 0.05) is 0 Å². The van der Waals surface area contributed by atoms with E-state index in [2.05, 4.69) is 9.97 Å². The van der Waals surface area contributed by atoms with E-state index in [1.807, 2.05) is 75.4 Å². The standard InChI is InChI=1S/C12H11NO2S.C11H9NO2S/c1-7-5-3-4-6-9(7)11-10(12(14)15)13-8(2)16-11;1-7-12-9(11(13)14)10(15-7)8-5-3-2-4-6-8/h3-6H,1-2H3,(H,14,15);2-6H,1H3,(H,13,14). The van der Waals surface area contributed by atoms with Gasteiger partial charge >= 0.3 is 11.9 Å². The number of benzene rings is 2. The Kier molecular flexibility index (Phi) is 6.94. The van der Waals surface area contributed by atoms with Crippen molar-refractivity contribution in [3.8, 4) is 20.9 Å². The van der Waals surface area contributed by atoms with Gasteiger partial charge < -0.3 is 10.2 Å². The van der Waals surface area contributed by atoms with Crippen molar-refractivity contribution in [2.24, 2.45) is 0 Å². The highest BCUT2D eigenvalue weighted by Crippen LogP contribution is 2.32. The normalized spacial score (nSPS) is 10.3. The topological polar surface area (TPSA) is 100 Å². The number of hydrogen-bond donors (Lipinski definition) is 2. The molecule has 158 valence electrons. The maximum atomic E-state index is 11.1. The molecule has 0 fully saturated rings. The highest BCUT2D eigenvalue weighted by atomic mass is 32.1. The van der Waals surface area contributed by atoms with Crippen LogP contribution in [0.2, 0.25) is 0 Å². The first-order chi connectivity index (χ1) is 14.8. The maximum Gasteiger partial charge on any atom is 0.356 e. The molecule has 0 amide bonds. The second-order valence-electron chi connectivity index (χ2n) is 6.61. The summed E-state index contributed by atoms with van der Waals surface area (Å²) < 4.78 is 0. The van der Waals surface area contributed by atoms with Gasteiger partial charge in [0.1, 0.15) is 0 Å². The molecule has 2 aromatic heterocycles. The molecule has 2 aromatic carbocycles. The van der Waals surface area contributed by atoms with Crippen molar-refractivity contribution in [1.82, 2.24) is 9.97 Å². The minimum absolute atomic E-state index is 0.142. The van der Waals surface area contributed by atoms with Gasteiger partial charge in [0.15, 0.2) is 11.4 Å². The van der Waals surface area contributed by atoms with Crippen LogP contribution >= 0.6 is 22.7 Å². The molecule has 0 aliphatic carbocycles. The minimum atomic E-state index is -0.974. The fourth-order valence-electron chi connectivity index (χ4n) is 2.94. The Morgan fingerprint density at radius 1 is 0.710 bits per heavy atom. The molecule has 8 heteroatoms. The molecule has 2 N–H and O–H groups in total. The number of thiazole rings is 2. The van der Waals surface area contributed by atoms with Gasteiger partial charge in [0.2, 0.25) is 0 Å². The van der Waals surface area contributed by atoms with Crippen molar-refractivity contribution in [2.75, 3.05) is 0 Å². The number of nitrogens with zero attached hydrogens (tertiary/aromatic N) is 2.